The maximum absolute atomic E-state index is 12.3. The summed E-state index contributed by atoms with van der Waals surface area (Å²) < 4.78 is 52.2. The second-order valence-electron chi connectivity index (χ2n) is 5.39. The number of piperidine rings is 1. The van der Waals surface area contributed by atoms with Crippen molar-refractivity contribution in [1.82, 2.24) is 9.62 Å². The van der Waals surface area contributed by atoms with Gasteiger partial charge in [0.2, 0.25) is 10.0 Å². The number of thiophene rings is 1. The van der Waals surface area contributed by atoms with Crippen molar-refractivity contribution in [2.45, 2.75) is 43.4 Å². The molecule has 1 aromatic rings. The summed E-state index contributed by atoms with van der Waals surface area (Å²) in [5, 5.41) is 0. The van der Waals surface area contributed by atoms with Crippen molar-refractivity contribution in [1.29, 1.82) is 0 Å². The maximum atomic E-state index is 12.3. The lowest BCUT2D eigenvalue weighted by molar-refractivity contribution is 0.0747. The monoisotopic (exact) mass is 338 g/mol. The Labute approximate surface area is 128 Å². The lowest BCUT2D eigenvalue weighted by atomic mass is 10.1. The van der Waals surface area contributed by atoms with Gasteiger partial charge in [-0.25, -0.2) is 21.9 Å². The summed E-state index contributed by atoms with van der Waals surface area (Å²) in [6, 6.07) is 1.50. The van der Waals surface area contributed by atoms with E-state index in [0.29, 0.717) is 30.1 Å². The van der Waals surface area contributed by atoms with E-state index in [1.807, 2.05) is 13.8 Å². The molecule has 4 nitrogen and oxygen atoms in total. The van der Waals surface area contributed by atoms with Crippen LogP contribution in [0.25, 0.3) is 0 Å². The minimum atomic E-state index is -3.50. The number of hydrogen-bond acceptors (Lipinski definition) is 4. The highest BCUT2D eigenvalue weighted by Gasteiger charge is 2.26. The van der Waals surface area contributed by atoms with Crippen LogP contribution in [0, 0.1) is 13.8 Å². The zero-order valence-corrected chi connectivity index (χ0v) is 13.7. The number of rotatable bonds is 5. The van der Waals surface area contributed by atoms with Crippen molar-refractivity contribution in [2.24, 2.45) is 0 Å². The summed E-state index contributed by atoms with van der Waals surface area (Å²) in [4.78, 5) is 2.66. The molecule has 0 radical (unpaired) electrons. The van der Waals surface area contributed by atoms with E-state index in [-0.39, 0.29) is 12.6 Å². The van der Waals surface area contributed by atoms with Gasteiger partial charge in [-0.1, -0.05) is 0 Å². The Morgan fingerprint density at radius 2 is 2.00 bits per heavy atom. The quantitative estimate of drug-likeness (QED) is 0.897. The van der Waals surface area contributed by atoms with Crippen molar-refractivity contribution in [3.05, 3.63) is 16.5 Å². The molecule has 2 rings (SSSR count). The molecular weight excluding hydrogens is 318 g/mol. The molecule has 1 aromatic heterocycles. The zero-order valence-electron chi connectivity index (χ0n) is 12.1. The number of nitrogens with one attached hydrogen (secondary N) is 1. The summed E-state index contributed by atoms with van der Waals surface area (Å²) >= 11 is 1.26. The Hall–Kier alpha value is -0.570. The molecule has 1 N–H and O–H groups in total. The first kappa shape index (κ1) is 16.8. The first-order valence-corrected chi connectivity index (χ1v) is 9.18. The molecule has 0 bridgehead atoms. The third-order valence-electron chi connectivity index (χ3n) is 3.71. The molecule has 0 aromatic carbocycles. The average molecular weight is 338 g/mol. The molecule has 21 heavy (non-hydrogen) atoms. The van der Waals surface area contributed by atoms with Crippen LogP contribution in [0.5, 0.6) is 0 Å². The number of alkyl halides is 2. The Balaban J connectivity index is 1.93. The molecular formula is C13H20F2N2O2S2. The molecule has 0 aliphatic carbocycles. The summed E-state index contributed by atoms with van der Waals surface area (Å²) in [7, 11) is -3.50. The van der Waals surface area contributed by atoms with Crippen LogP contribution < -0.4 is 4.72 Å². The van der Waals surface area contributed by atoms with Gasteiger partial charge in [-0.3, -0.25) is 4.90 Å². The van der Waals surface area contributed by atoms with Crippen molar-refractivity contribution >= 4 is 21.4 Å². The van der Waals surface area contributed by atoms with E-state index in [2.05, 4.69) is 4.72 Å². The number of aryl methyl sites for hydroxylation is 2. The smallest absolute Gasteiger partial charge is 0.251 e. The van der Waals surface area contributed by atoms with Crippen LogP contribution in [0.2, 0.25) is 0 Å². The second-order valence-corrected chi connectivity index (χ2v) is 8.59. The van der Waals surface area contributed by atoms with Crippen LogP contribution in [0.3, 0.4) is 0 Å². The molecule has 0 spiro atoms. The Morgan fingerprint density at radius 3 is 2.48 bits per heavy atom. The predicted molar refractivity (Wildman–Crippen MR) is 79.6 cm³/mol. The fraction of sp³-hybridized carbons (Fsp3) is 0.692. The molecule has 0 unspecified atom stereocenters. The molecule has 1 aliphatic heterocycles. The zero-order chi connectivity index (χ0) is 15.6. The molecule has 0 amide bonds. The van der Waals surface area contributed by atoms with Crippen molar-refractivity contribution < 1.29 is 17.2 Å². The van der Waals surface area contributed by atoms with Crippen LogP contribution in [-0.2, 0) is 10.0 Å². The van der Waals surface area contributed by atoms with Crippen LogP contribution >= 0.6 is 11.3 Å². The molecule has 1 saturated heterocycles. The highest BCUT2D eigenvalue weighted by atomic mass is 32.2. The lowest BCUT2D eigenvalue weighted by Crippen LogP contribution is -2.45. The average Bonchev–Trinajstić information content (AvgIpc) is 2.72. The van der Waals surface area contributed by atoms with Gasteiger partial charge < -0.3 is 0 Å². The second kappa shape index (κ2) is 6.68. The fourth-order valence-corrected chi connectivity index (χ4v) is 5.22. The summed E-state index contributed by atoms with van der Waals surface area (Å²) in [6.07, 6.45) is -1.21. The number of nitrogens with zero attached hydrogens (tertiary/aromatic N) is 1. The van der Waals surface area contributed by atoms with Gasteiger partial charge in [0.25, 0.3) is 6.43 Å². The summed E-state index contributed by atoms with van der Waals surface area (Å²) in [6.45, 7) is 4.54. The van der Waals surface area contributed by atoms with Crippen LogP contribution in [0.4, 0.5) is 8.78 Å². The largest absolute Gasteiger partial charge is 0.298 e. The first-order valence-electron chi connectivity index (χ1n) is 6.88. The number of halogens is 2. The highest BCUT2D eigenvalue weighted by molar-refractivity contribution is 7.91. The van der Waals surface area contributed by atoms with Gasteiger partial charge in [0.05, 0.1) is 6.54 Å². The van der Waals surface area contributed by atoms with Gasteiger partial charge in [-0.2, -0.15) is 0 Å². The number of hydrogen-bond donors (Lipinski definition) is 1. The Kier molecular flexibility index (Phi) is 5.34. The molecule has 1 aliphatic rings. The van der Waals surface area contributed by atoms with Gasteiger partial charge in [0.15, 0.2) is 0 Å². The third kappa shape index (κ3) is 4.45. The van der Waals surface area contributed by atoms with E-state index >= 15 is 0 Å². The Bertz CT molecular complexity index is 559. The molecule has 2 heterocycles. The third-order valence-corrected chi connectivity index (χ3v) is 6.86. The predicted octanol–water partition coefficient (Wildman–Crippen LogP) is 2.37. The van der Waals surface area contributed by atoms with Gasteiger partial charge in [-0.05, 0) is 51.4 Å². The van der Waals surface area contributed by atoms with Crippen LogP contribution in [-0.4, -0.2) is 45.4 Å². The Morgan fingerprint density at radius 1 is 1.38 bits per heavy atom. The van der Waals surface area contributed by atoms with Gasteiger partial charge in [0, 0.05) is 10.9 Å². The van der Waals surface area contributed by atoms with E-state index in [4.69, 9.17) is 0 Å². The van der Waals surface area contributed by atoms with Crippen molar-refractivity contribution in [3.63, 3.8) is 0 Å². The minimum absolute atomic E-state index is 0.174. The van der Waals surface area contributed by atoms with Crippen LogP contribution in [0.15, 0.2) is 10.3 Å². The SMILES string of the molecule is Cc1cc(S(=O)(=O)NC2CCN(CC(F)F)CC2)sc1C. The van der Waals surface area contributed by atoms with E-state index in [9.17, 15) is 17.2 Å². The molecule has 1 fully saturated rings. The molecule has 0 saturated carbocycles. The lowest BCUT2D eigenvalue weighted by Gasteiger charge is -2.31. The van der Waals surface area contributed by atoms with E-state index < -0.39 is 16.4 Å². The normalized spacial score (nSPS) is 18.5. The standard InChI is InChI=1S/C13H20F2N2O2S2/c1-9-7-13(20-10(9)2)21(18,19)16-11-3-5-17(6-4-11)8-12(14)15/h7,11-12,16H,3-6,8H2,1-2H3. The fourth-order valence-electron chi connectivity index (χ4n) is 2.38. The molecule has 120 valence electrons. The van der Waals surface area contributed by atoms with E-state index in [1.54, 1.807) is 11.0 Å². The first-order chi connectivity index (χ1) is 9.78. The topological polar surface area (TPSA) is 49.4 Å². The van der Waals surface area contributed by atoms with E-state index in [0.717, 1.165) is 10.4 Å². The maximum Gasteiger partial charge on any atom is 0.251 e. The summed E-state index contributed by atoms with van der Waals surface area (Å²) in [5.74, 6) is 0. The summed E-state index contributed by atoms with van der Waals surface area (Å²) in [5.41, 5.74) is 0.965. The van der Waals surface area contributed by atoms with E-state index in [1.165, 1.54) is 11.3 Å². The highest BCUT2D eigenvalue weighted by Crippen LogP contribution is 2.25. The number of likely N-dealkylation sites (tertiary alicyclic amines) is 1. The van der Waals surface area contributed by atoms with Gasteiger partial charge >= 0.3 is 0 Å². The number of sulfonamides is 1. The molecule has 0 atom stereocenters. The molecule has 8 heteroatoms. The minimum Gasteiger partial charge on any atom is -0.298 e. The van der Waals surface area contributed by atoms with Crippen molar-refractivity contribution in [3.8, 4) is 0 Å². The van der Waals surface area contributed by atoms with Crippen molar-refractivity contribution in [2.75, 3.05) is 19.6 Å². The van der Waals surface area contributed by atoms with Crippen LogP contribution in [0.1, 0.15) is 23.3 Å². The van der Waals surface area contributed by atoms with Gasteiger partial charge in [-0.15, -0.1) is 11.3 Å². The van der Waals surface area contributed by atoms with Gasteiger partial charge in [0.1, 0.15) is 4.21 Å².